The van der Waals surface area contributed by atoms with Crippen molar-refractivity contribution in [3.05, 3.63) is 23.3 Å². The van der Waals surface area contributed by atoms with E-state index in [-0.39, 0.29) is 36.1 Å². The van der Waals surface area contributed by atoms with Gasteiger partial charge in [-0.05, 0) is 70.3 Å². The number of esters is 1. The average Bonchev–Trinajstić information content (AvgIpc) is 3.42. The van der Waals surface area contributed by atoms with Gasteiger partial charge < -0.3 is 24.4 Å². The molecule has 4 aliphatic carbocycles. The number of fused-ring (bicyclic) bond motifs is 3. The molecule has 3 aliphatic heterocycles. The van der Waals surface area contributed by atoms with E-state index in [1.54, 1.807) is 13.0 Å². The molecule has 3 saturated carbocycles. The lowest BCUT2D eigenvalue weighted by Crippen LogP contribution is -2.79. The Kier molecular flexibility index (Phi) is 3.96. The van der Waals surface area contributed by atoms with E-state index >= 15 is 0 Å². The molecule has 2 saturated heterocycles. The molecular weight excluding hydrogens is 448 g/mol. The number of hydrogen-bond acceptors (Lipinski definition) is 7. The van der Waals surface area contributed by atoms with Gasteiger partial charge >= 0.3 is 5.97 Å². The summed E-state index contributed by atoms with van der Waals surface area (Å²) in [5.74, 6) is -4.20. The maximum atomic E-state index is 13.5. The lowest BCUT2D eigenvalue weighted by Gasteiger charge is -2.69. The molecule has 5 fully saturated rings. The van der Waals surface area contributed by atoms with Crippen molar-refractivity contribution >= 4 is 11.8 Å². The first kappa shape index (κ1) is 22.6. The zero-order valence-corrected chi connectivity index (χ0v) is 21.2. The second-order valence-corrected chi connectivity index (χ2v) is 13.0. The first-order valence-electron chi connectivity index (χ1n) is 13.2. The molecule has 35 heavy (non-hydrogen) atoms. The van der Waals surface area contributed by atoms with Gasteiger partial charge in [-0.1, -0.05) is 25.5 Å². The third-order valence-corrected chi connectivity index (χ3v) is 12.4. The van der Waals surface area contributed by atoms with Crippen LogP contribution in [-0.2, 0) is 23.8 Å². The summed E-state index contributed by atoms with van der Waals surface area (Å²) in [6, 6.07) is 0. The van der Waals surface area contributed by atoms with Crippen molar-refractivity contribution in [2.45, 2.75) is 102 Å². The molecule has 190 valence electrons. The summed E-state index contributed by atoms with van der Waals surface area (Å²) in [5.41, 5.74) is -2.12. The van der Waals surface area contributed by atoms with Crippen LogP contribution in [0, 0.1) is 34.5 Å². The molecule has 0 aromatic carbocycles. The monoisotopic (exact) mass is 484 g/mol. The quantitative estimate of drug-likeness (QED) is 0.402. The lowest BCUT2D eigenvalue weighted by molar-refractivity contribution is -0.470. The summed E-state index contributed by atoms with van der Waals surface area (Å²) in [6.45, 7) is 9.49. The molecule has 0 amide bonds. The van der Waals surface area contributed by atoms with E-state index in [4.69, 9.17) is 14.2 Å². The molecule has 11 unspecified atom stereocenters. The Morgan fingerprint density at radius 3 is 2.57 bits per heavy atom. The Hall–Kier alpha value is -1.54. The van der Waals surface area contributed by atoms with Crippen LogP contribution in [0.25, 0.3) is 0 Å². The Bertz CT molecular complexity index is 1140. The van der Waals surface area contributed by atoms with Crippen molar-refractivity contribution in [1.82, 2.24) is 0 Å². The Labute approximate surface area is 205 Å². The third kappa shape index (κ3) is 2.15. The SMILES string of the molecule is CC1=C(C)C(=O)OC2(C1)OC1(O)CC3C(CC4OC45CC=CC(=O)C35C)C3CCC(O)(C2C)C31C. The van der Waals surface area contributed by atoms with Gasteiger partial charge in [0.15, 0.2) is 11.6 Å². The number of ketones is 1. The highest BCUT2D eigenvalue weighted by Crippen LogP contribution is 2.77. The standard InChI is InChI=1S/C28H36O7/c1-14-12-27(34-22(30)15(14)2)16(3)25(31)10-8-18-17-11-21-26(33-21)9-6-7-20(29)23(26,4)19(17)13-28(32,35-27)24(18,25)5/h6-7,16-19,21,31-32H,8-13H2,1-5H3. The van der Waals surface area contributed by atoms with Crippen LogP contribution in [0.5, 0.6) is 0 Å². The van der Waals surface area contributed by atoms with E-state index in [0.717, 1.165) is 18.4 Å². The van der Waals surface area contributed by atoms with Crippen LogP contribution in [-0.4, -0.2) is 50.8 Å². The summed E-state index contributed by atoms with van der Waals surface area (Å²) >= 11 is 0. The summed E-state index contributed by atoms with van der Waals surface area (Å²) in [5, 5.41) is 25.0. The van der Waals surface area contributed by atoms with Crippen molar-refractivity contribution < 1.29 is 34.0 Å². The van der Waals surface area contributed by atoms with E-state index in [1.807, 2.05) is 33.8 Å². The minimum absolute atomic E-state index is 0.0357. The zero-order chi connectivity index (χ0) is 25.0. The maximum Gasteiger partial charge on any atom is 0.336 e. The molecule has 7 nitrogen and oxygen atoms in total. The maximum absolute atomic E-state index is 13.5. The molecule has 0 bridgehead atoms. The van der Waals surface area contributed by atoms with E-state index in [2.05, 4.69) is 0 Å². The van der Waals surface area contributed by atoms with E-state index in [1.165, 1.54) is 0 Å². The highest BCUT2D eigenvalue weighted by atomic mass is 16.8. The fourth-order valence-corrected chi connectivity index (χ4v) is 9.99. The number of epoxide rings is 1. The molecule has 0 aromatic heterocycles. The van der Waals surface area contributed by atoms with Gasteiger partial charge in [0.25, 0.3) is 0 Å². The lowest BCUT2D eigenvalue weighted by atomic mass is 9.41. The minimum atomic E-state index is -1.75. The normalized spacial score (nSPS) is 60.0. The van der Waals surface area contributed by atoms with Gasteiger partial charge in [0.2, 0.25) is 5.79 Å². The average molecular weight is 485 g/mol. The number of aliphatic hydroxyl groups is 2. The third-order valence-electron chi connectivity index (χ3n) is 12.4. The molecule has 0 aromatic rings. The molecule has 11 atom stereocenters. The van der Waals surface area contributed by atoms with Crippen molar-refractivity contribution in [2.75, 3.05) is 0 Å². The first-order valence-corrected chi connectivity index (χ1v) is 13.2. The van der Waals surface area contributed by atoms with Crippen molar-refractivity contribution in [2.24, 2.45) is 34.5 Å². The van der Waals surface area contributed by atoms with Gasteiger partial charge in [-0.25, -0.2) is 4.79 Å². The van der Waals surface area contributed by atoms with Gasteiger partial charge in [0.05, 0.1) is 28.5 Å². The zero-order valence-electron chi connectivity index (χ0n) is 21.2. The molecular formula is C28H36O7. The van der Waals surface area contributed by atoms with E-state index in [9.17, 15) is 19.8 Å². The van der Waals surface area contributed by atoms with Crippen LogP contribution in [0.4, 0.5) is 0 Å². The molecule has 2 N–H and O–H groups in total. The smallest absolute Gasteiger partial charge is 0.336 e. The summed E-state index contributed by atoms with van der Waals surface area (Å²) in [7, 11) is 0. The topological polar surface area (TPSA) is 106 Å². The summed E-state index contributed by atoms with van der Waals surface area (Å²) in [6.07, 6.45) is 6.91. The van der Waals surface area contributed by atoms with E-state index in [0.29, 0.717) is 24.8 Å². The van der Waals surface area contributed by atoms with Gasteiger partial charge in [-0.2, -0.15) is 0 Å². The predicted molar refractivity (Wildman–Crippen MR) is 123 cm³/mol. The van der Waals surface area contributed by atoms with Gasteiger partial charge in [0, 0.05) is 18.4 Å². The number of carbonyl (C=O) groups is 2. The molecule has 7 rings (SSSR count). The van der Waals surface area contributed by atoms with Gasteiger partial charge in [0.1, 0.15) is 5.60 Å². The van der Waals surface area contributed by atoms with Gasteiger partial charge in [-0.3, -0.25) is 4.79 Å². The van der Waals surface area contributed by atoms with Crippen molar-refractivity contribution in [1.29, 1.82) is 0 Å². The molecule has 0 radical (unpaired) electrons. The van der Waals surface area contributed by atoms with Crippen LogP contribution in [0.2, 0.25) is 0 Å². The Balaban J connectivity index is 1.39. The minimum Gasteiger partial charge on any atom is -0.429 e. The second-order valence-electron chi connectivity index (χ2n) is 13.0. The van der Waals surface area contributed by atoms with Crippen LogP contribution in [0.3, 0.4) is 0 Å². The number of allylic oxidation sites excluding steroid dienone is 1. The molecule has 7 heteroatoms. The fourth-order valence-electron chi connectivity index (χ4n) is 9.99. The van der Waals surface area contributed by atoms with Gasteiger partial charge in [-0.15, -0.1) is 0 Å². The van der Waals surface area contributed by atoms with Crippen molar-refractivity contribution in [3.8, 4) is 0 Å². The van der Waals surface area contributed by atoms with Crippen LogP contribution >= 0.6 is 0 Å². The predicted octanol–water partition coefficient (Wildman–Crippen LogP) is 3.18. The van der Waals surface area contributed by atoms with Crippen LogP contribution in [0.1, 0.15) is 73.1 Å². The highest BCUT2D eigenvalue weighted by Gasteiger charge is 2.85. The Morgan fingerprint density at radius 1 is 1.11 bits per heavy atom. The molecule has 3 heterocycles. The summed E-state index contributed by atoms with van der Waals surface area (Å²) in [4.78, 5) is 26.3. The number of carbonyl (C=O) groups excluding carboxylic acids is 2. The Morgan fingerprint density at radius 2 is 1.86 bits per heavy atom. The summed E-state index contributed by atoms with van der Waals surface area (Å²) < 4.78 is 18.9. The molecule has 7 aliphatic rings. The highest BCUT2D eigenvalue weighted by molar-refractivity contribution is 5.97. The second kappa shape index (κ2) is 6.12. The number of hydrogen-bond donors (Lipinski definition) is 2. The largest absolute Gasteiger partial charge is 0.429 e. The van der Waals surface area contributed by atoms with E-state index < -0.39 is 45.5 Å². The van der Waals surface area contributed by atoms with Crippen molar-refractivity contribution in [3.63, 3.8) is 0 Å². The number of rotatable bonds is 0. The van der Waals surface area contributed by atoms with Crippen LogP contribution < -0.4 is 0 Å². The fraction of sp³-hybridized carbons (Fsp3) is 0.786. The first-order chi connectivity index (χ1) is 16.3. The van der Waals surface area contributed by atoms with Crippen LogP contribution in [0.15, 0.2) is 23.3 Å². The molecule has 2 spiro atoms. The number of ether oxygens (including phenoxy) is 3.